The minimum atomic E-state index is -1.56. The number of ether oxygens (including phenoxy) is 1. The number of carbonyl (C=O) groups is 1. The summed E-state index contributed by atoms with van der Waals surface area (Å²) in [5.74, 6) is 0.279. The van der Waals surface area contributed by atoms with Crippen LogP contribution in [-0.2, 0) is 21.6 Å². The monoisotopic (exact) mass is 424 g/mol. The Labute approximate surface area is 184 Å². The van der Waals surface area contributed by atoms with Crippen LogP contribution in [0.3, 0.4) is 0 Å². The normalized spacial score (nSPS) is 25.9. The molecule has 2 heterocycles. The van der Waals surface area contributed by atoms with Crippen molar-refractivity contribution in [3.8, 4) is 0 Å². The average molecular weight is 425 g/mol. The maximum Gasteiger partial charge on any atom is 0.343 e. The molecule has 6 nitrogen and oxygen atoms in total. The van der Waals surface area contributed by atoms with Gasteiger partial charge in [-0.1, -0.05) is 43.2 Å². The van der Waals surface area contributed by atoms with E-state index in [-0.39, 0.29) is 12.0 Å². The number of likely N-dealkylation sites (tertiary alicyclic amines) is 1. The number of hydrogen-bond donors (Lipinski definition) is 1. The van der Waals surface area contributed by atoms with Crippen LogP contribution in [0.4, 0.5) is 0 Å². The molecule has 0 spiro atoms. The standard InChI is InChI=1S/C25H34N3O3/c1-28(18-14-23-26-15-8-16-27-23)17-7-13-22(28)19-31-24(29)25(30,21-11-5-6-12-21)20-9-3-2-4-10-20/h2-4,8-10,15-16,21-22,30H,5-7,11-14,17-19H2,1H3/q+1/t22?,25-,28?/m0/s1. The van der Waals surface area contributed by atoms with Gasteiger partial charge < -0.3 is 14.3 Å². The molecule has 31 heavy (non-hydrogen) atoms. The summed E-state index contributed by atoms with van der Waals surface area (Å²) < 4.78 is 6.72. The quantitative estimate of drug-likeness (QED) is 0.520. The first-order valence-electron chi connectivity index (χ1n) is 11.6. The molecule has 2 unspecified atom stereocenters. The number of aliphatic hydroxyl groups is 1. The molecule has 0 radical (unpaired) electrons. The summed E-state index contributed by atoms with van der Waals surface area (Å²) in [6.45, 7) is 2.31. The van der Waals surface area contributed by atoms with Crippen LogP contribution >= 0.6 is 0 Å². The van der Waals surface area contributed by atoms with E-state index in [1.165, 1.54) is 0 Å². The van der Waals surface area contributed by atoms with E-state index >= 15 is 0 Å². The molecule has 2 fully saturated rings. The van der Waals surface area contributed by atoms with E-state index in [2.05, 4.69) is 17.0 Å². The molecule has 1 saturated carbocycles. The Morgan fingerprint density at radius 1 is 1.10 bits per heavy atom. The maximum atomic E-state index is 13.3. The Balaban J connectivity index is 1.43. The number of aromatic nitrogens is 2. The minimum Gasteiger partial charge on any atom is -0.457 e. The molecule has 6 heteroatoms. The first-order chi connectivity index (χ1) is 15.0. The van der Waals surface area contributed by atoms with Gasteiger partial charge in [-0.3, -0.25) is 0 Å². The van der Waals surface area contributed by atoms with Crippen molar-refractivity contribution < 1.29 is 19.1 Å². The van der Waals surface area contributed by atoms with Crippen LogP contribution < -0.4 is 0 Å². The molecule has 166 valence electrons. The van der Waals surface area contributed by atoms with Crippen LogP contribution in [0.1, 0.15) is 49.9 Å². The fourth-order valence-electron chi connectivity index (χ4n) is 5.39. The van der Waals surface area contributed by atoms with Crippen LogP contribution in [0.25, 0.3) is 0 Å². The smallest absolute Gasteiger partial charge is 0.343 e. The number of likely N-dealkylation sites (N-methyl/N-ethyl adjacent to an activating group) is 1. The second kappa shape index (κ2) is 9.45. The SMILES string of the molecule is C[N+]1(CCc2ncccn2)CCCC1COC(=O)[C@](O)(c1ccccc1)C1CCCC1. The highest BCUT2D eigenvalue weighted by molar-refractivity contribution is 5.81. The second-order valence-corrected chi connectivity index (χ2v) is 9.35. The van der Waals surface area contributed by atoms with Crippen molar-refractivity contribution in [1.82, 2.24) is 9.97 Å². The van der Waals surface area contributed by atoms with Crippen molar-refractivity contribution in [3.63, 3.8) is 0 Å². The van der Waals surface area contributed by atoms with Crippen molar-refractivity contribution in [2.75, 3.05) is 26.7 Å². The van der Waals surface area contributed by atoms with Crippen LogP contribution in [0.5, 0.6) is 0 Å². The van der Waals surface area contributed by atoms with Gasteiger partial charge in [0.25, 0.3) is 0 Å². The predicted octanol–water partition coefficient (Wildman–Crippen LogP) is 3.25. The molecule has 0 bridgehead atoms. The van der Waals surface area contributed by atoms with E-state index in [1.807, 2.05) is 36.4 Å². The molecule has 1 saturated heterocycles. The van der Waals surface area contributed by atoms with E-state index in [0.29, 0.717) is 12.2 Å². The fraction of sp³-hybridized carbons (Fsp3) is 0.560. The number of esters is 1. The molecular formula is C25H34N3O3+. The predicted molar refractivity (Wildman–Crippen MR) is 118 cm³/mol. The number of rotatable bonds is 8. The second-order valence-electron chi connectivity index (χ2n) is 9.35. The van der Waals surface area contributed by atoms with E-state index in [9.17, 15) is 9.90 Å². The summed E-state index contributed by atoms with van der Waals surface area (Å²) in [5.41, 5.74) is -0.908. The topological polar surface area (TPSA) is 72.3 Å². The third-order valence-electron chi connectivity index (χ3n) is 7.43. The van der Waals surface area contributed by atoms with Gasteiger partial charge in [0.1, 0.15) is 18.5 Å². The highest BCUT2D eigenvalue weighted by Gasteiger charge is 2.48. The van der Waals surface area contributed by atoms with Gasteiger partial charge in [-0.2, -0.15) is 0 Å². The third-order valence-corrected chi connectivity index (χ3v) is 7.43. The lowest BCUT2D eigenvalue weighted by Crippen LogP contribution is -2.52. The molecule has 4 rings (SSSR count). The van der Waals surface area contributed by atoms with Crippen molar-refractivity contribution in [2.24, 2.45) is 5.92 Å². The molecule has 2 aromatic rings. The van der Waals surface area contributed by atoms with Crippen LogP contribution in [0.2, 0.25) is 0 Å². The van der Waals surface area contributed by atoms with Gasteiger partial charge in [-0.25, -0.2) is 14.8 Å². The van der Waals surface area contributed by atoms with Gasteiger partial charge in [-0.15, -0.1) is 0 Å². The van der Waals surface area contributed by atoms with Gasteiger partial charge >= 0.3 is 5.97 Å². The molecule has 2 aliphatic rings. The molecular weight excluding hydrogens is 390 g/mol. The van der Waals surface area contributed by atoms with Gasteiger partial charge in [-0.05, 0) is 24.5 Å². The van der Waals surface area contributed by atoms with E-state index in [1.54, 1.807) is 12.4 Å². The van der Waals surface area contributed by atoms with Gasteiger partial charge in [0.2, 0.25) is 0 Å². The number of quaternary nitrogens is 1. The molecule has 1 aliphatic carbocycles. The Hall–Kier alpha value is -2.31. The average Bonchev–Trinajstić information content (AvgIpc) is 3.48. The van der Waals surface area contributed by atoms with Gasteiger partial charge in [0, 0.05) is 31.2 Å². The zero-order chi connectivity index (χ0) is 21.7. The number of benzene rings is 1. The Morgan fingerprint density at radius 2 is 1.81 bits per heavy atom. The number of nitrogens with zero attached hydrogens (tertiary/aromatic N) is 3. The number of hydrogen-bond acceptors (Lipinski definition) is 5. The summed E-state index contributed by atoms with van der Waals surface area (Å²) in [4.78, 5) is 22.0. The highest BCUT2D eigenvalue weighted by Crippen LogP contribution is 2.41. The van der Waals surface area contributed by atoms with Crippen molar-refractivity contribution in [1.29, 1.82) is 0 Å². The van der Waals surface area contributed by atoms with Crippen molar-refractivity contribution in [2.45, 2.75) is 56.6 Å². The summed E-state index contributed by atoms with van der Waals surface area (Å²) in [7, 11) is 2.23. The minimum absolute atomic E-state index is 0.0814. The van der Waals surface area contributed by atoms with Crippen LogP contribution in [0, 0.1) is 5.92 Å². The summed E-state index contributed by atoms with van der Waals surface area (Å²) in [5, 5.41) is 11.6. The van der Waals surface area contributed by atoms with Gasteiger partial charge in [0.15, 0.2) is 5.60 Å². The van der Waals surface area contributed by atoms with Crippen LogP contribution in [-0.4, -0.2) is 58.3 Å². The maximum absolute atomic E-state index is 13.3. The molecule has 0 amide bonds. The van der Waals surface area contributed by atoms with E-state index in [0.717, 1.165) is 68.3 Å². The zero-order valence-corrected chi connectivity index (χ0v) is 18.4. The Kier molecular flexibility index (Phi) is 6.68. The highest BCUT2D eigenvalue weighted by atomic mass is 16.6. The van der Waals surface area contributed by atoms with Gasteiger partial charge in [0.05, 0.1) is 26.6 Å². The van der Waals surface area contributed by atoms with Crippen molar-refractivity contribution in [3.05, 3.63) is 60.2 Å². The lowest BCUT2D eigenvalue weighted by Gasteiger charge is -2.37. The first kappa shape index (κ1) is 21.9. The van der Waals surface area contributed by atoms with Crippen molar-refractivity contribution >= 4 is 5.97 Å². The zero-order valence-electron chi connectivity index (χ0n) is 18.4. The largest absolute Gasteiger partial charge is 0.457 e. The molecule has 1 aromatic carbocycles. The first-order valence-corrected chi connectivity index (χ1v) is 11.6. The van der Waals surface area contributed by atoms with E-state index in [4.69, 9.17) is 4.74 Å². The number of carbonyl (C=O) groups excluding carboxylic acids is 1. The third kappa shape index (κ3) is 4.65. The summed E-state index contributed by atoms with van der Waals surface area (Å²) >= 11 is 0. The Morgan fingerprint density at radius 3 is 2.52 bits per heavy atom. The molecule has 1 aliphatic heterocycles. The summed E-state index contributed by atoms with van der Waals surface area (Å²) in [6, 6.07) is 11.4. The lowest BCUT2D eigenvalue weighted by atomic mass is 9.80. The Bertz CT molecular complexity index is 857. The van der Waals surface area contributed by atoms with Crippen LogP contribution in [0.15, 0.2) is 48.8 Å². The fourth-order valence-corrected chi connectivity index (χ4v) is 5.39. The molecule has 1 N–H and O–H groups in total. The van der Waals surface area contributed by atoms with E-state index < -0.39 is 11.6 Å². The molecule has 3 atom stereocenters. The summed E-state index contributed by atoms with van der Waals surface area (Å²) in [6.07, 6.45) is 10.3. The molecule has 1 aromatic heterocycles. The lowest BCUT2D eigenvalue weighted by molar-refractivity contribution is -0.921.